The van der Waals surface area contributed by atoms with Crippen LogP contribution in [0.25, 0.3) is 0 Å². The maximum Gasteiger partial charge on any atom is 0.0759 e. The number of hydrogen-bond donors (Lipinski definition) is 1. The van der Waals surface area contributed by atoms with Crippen molar-refractivity contribution in [3.05, 3.63) is 51.8 Å². The minimum atomic E-state index is 0.169. The zero-order valence-corrected chi connectivity index (χ0v) is 13.9. The lowest BCUT2D eigenvalue weighted by molar-refractivity contribution is 0.552. The average molecular weight is 336 g/mol. The Morgan fingerprint density at radius 2 is 1.95 bits per heavy atom. The molecular formula is C16H22BrN3. The molecule has 0 aliphatic rings. The second-order valence-electron chi connectivity index (χ2n) is 4.98. The molecule has 1 unspecified atom stereocenters. The van der Waals surface area contributed by atoms with Crippen molar-refractivity contribution in [2.24, 2.45) is 7.05 Å². The zero-order valence-electron chi connectivity index (χ0n) is 12.4. The van der Waals surface area contributed by atoms with Gasteiger partial charge >= 0.3 is 0 Å². The summed E-state index contributed by atoms with van der Waals surface area (Å²) >= 11 is 3.61. The molecule has 1 N–H and O–H groups in total. The van der Waals surface area contributed by atoms with Crippen LogP contribution in [0, 0.1) is 0 Å². The van der Waals surface area contributed by atoms with Crippen LogP contribution < -0.4 is 5.32 Å². The predicted molar refractivity (Wildman–Crippen MR) is 86.9 cm³/mol. The Kier molecular flexibility index (Phi) is 5.38. The van der Waals surface area contributed by atoms with E-state index >= 15 is 0 Å². The number of nitrogens with one attached hydrogen (secondary N) is 1. The van der Waals surface area contributed by atoms with Gasteiger partial charge in [0, 0.05) is 7.05 Å². The molecule has 0 saturated heterocycles. The van der Waals surface area contributed by atoms with E-state index in [4.69, 9.17) is 0 Å². The molecule has 0 radical (unpaired) electrons. The number of rotatable bonds is 6. The summed E-state index contributed by atoms with van der Waals surface area (Å²) in [6.45, 7) is 5.35. The van der Waals surface area contributed by atoms with Crippen LogP contribution in [0.4, 0.5) is 0 Å². The van der Waals surface area contributed by atoms with E-state index in [0.29, 0.717) is 0 Å². The molecule has 2 rings (SSSR count). The fourth-order valence-electron chi connectivity index (χ4n) is 2.35. The maximum atomic E-state index is 4.33. The van der Waals surface area contributed by atoms with Crippen molar-refractivity contribution in [1.29, 1.82) is 0 Å². The summed E-state index contributed by atoms with van der Waals surface area (Å²) < 4.78 is 2.98. The Morgan fingerprint density at radius 3 is 2.45 bits per heavy atom. The summed E-state index contributed by atoms with van der Waals surface area (Å²) in [5.41, 5.74) is 3.81. The first-order valence-corrected chi connectivity index (χ1v) is 7.96. The molecule has 1 heterocycles. The molecule has 0 amide bonds. The van der Waals surface area contributed by atoms with Crippen LogP contribution >= 0.6 is 15.9 Å². The van der Waals surface area contributed by atoms with Crippen LogP contribution in [-0.2, 0) is 13.5 Å². The van der Waals surface area contributed by atoms with Gasteiger partial charge in [0.2, 0.25) is 0 Å². The molecule has 0 aliphatic heterocycles. The first kappa shape index (κ1) is 15.3. The van der Waals surface area contributed by atoms with E-state index in [1.165, 1.54) is 16.8 Å². The van der Waals surface area contributed by atoms with Gasteiger partial charge in [-0.1, -0.05) is 38.1 Å². The van der Waals surface area contributed by atoms with Crippen LogP contribution in [0.15, 0.2) is 34.9 Å². The number of nitrogens with zero attached hydrogens (tertiary/aromatic N) is 2. The minimum absolute atomic E-state index is 0.169. The Bertz CT molecular complexity index is 526. The van der Waals surface area contributed by atoms with Gasteiger partial charge in [0.25, 0.3) is 0 Å². The highest BCUT2D eigenvalue weighted by molar-refractivity contribution is 9.10. The van der Waals surface area contributed by atoms with Gasteiger partial charge in [0.15, 0.2) is 0 Å². The van der Waals surface area contributed by atoms with E-state index in [1.807, 2.05) is 17.9 Å². The normalized spacial score (nSPS) is 12.6. The van der Waals surface area contributed by atoms with Crippen molar-refractivity contribution in [3.8, 4) is 0 Å². The van der Waals surface area contributed by atoms with Crippen molar-refractivity contribution in [1.82, 2.24) is 15.1 Å². The third kappa shape index (κ3) is 3.30. The van der Waals surface area contributed by atoms with Crippen molar-refractivity contribution in [3.63, 3.8) is 0 Å². The van der Waals surface area contributed by atoms with E-state index in [-0.39, 0.29) is 6.04 Å². The van der Waals surface area contributed by atoms with E-state index in [2.05, 4.69) is 64.5 Å². The Balaban J connectivity index is 2.36. The smallest absolute Gasteiger partial charge is 0.0759 e. The molecule has 0 aliphatic carbocycles. The monoisotopic (exact) mass is 335 g/mol. The molecule has 3 nitrogen and oxygen atoms in total. The van der Waals surface area contributed by atoms with Gasteiger partial charge in [0.1, 0.15) is 0 Å². The van der Waals surface area contributed by atoms with E-state index < -0.39 is 0 Å². The molecular weight excluding hydrogens is 314 g/mol. The Morgan fingerprint density at radius 1 is 1.25 bits per heavy atom. The SMILES string of the molecule is CCCNC(c1ccc(CC)cc1)c1c(Br)cnn1C. The molecule has 0 spiro atoms. The van der Waals surface area contributed by atoms with Crippen LogP contribution in [0.3, 0.4) is 0 Å². The molecule has 108 valence electrons. The third-order valence-corrected chi connectivity index (χ3v) is 4.14. The first-order chi connectivity index (χ1) is 9.67. The number of hydrogen-bond acceptors (Lipinski definition) is 2. The van der Waals surface area contributed by atoms with E-state index in [9.17, 15) is 0 Å². The minimum Gasteiger partial charge on any atom is -0.305 e. The molecule has 1 aromatic heterocycles. The fourth-order valence-corrected chi connectivity index (χ4v) is 2.93. The number of aryl methyl sites for hydroxylation is 2. The van der Waals surface area contributed by atoms with Gasteiger partial charge < -0.3 is 5.32 Å². The van der Waals surface area contributed by atoms with Gasteiger partial charge in [-0.15, -0.1) is 0 Å². The fraction of sp³-hybridized carbons (Fsp3) is 0.438. The number of halogens is 1. The van der Waals surface area contributed by atoms with Gasteiger partial charge in [-0.3, -0.25) is 4.68 Å². The molecule has 0 saturated carbocycles. The molecule has 20 heavy (non-hydrogen) atoms. The number of aromatic nitrogens is 2. The summed E-state index contributed by atoms with van der Waals surface area (Å²) in [4.78, 5) is 0. The highest BCUT2D eigenvalue weighted by Gasteiger charge is 2.20. The van der Waals surface area contributed by atoms with Gasteiger partial charge in [-0.2, -0.15) is 5.10 Å². The predicted octanol–water partition coefficient (Wildman–Crippen LogP) is 3.83. The molecule has 4 heteroatoms. The molecule has 1 atom stereocenters. The van der Waals surface area contributed by atoms with Crippen molar-refractivity contribution in [2.75, 3.05) is 6.54 Å². The quantitative estimate of drug-likeness (QED) is 0.869. The largest absolute Gasteiger partial charge is 0.305 e. The second-order valence-corrected chi connectivity index (χ2v) is 5.84. The van der Waals surface area contributed by atoms with E-state index in [0.717, 1.165) is 23.9 Å². The first-order valence-electron chi connectivity index (χ1n) is 7.17. The van der Waals surface area contributed by atoms with Crippen molar-refractivity contribution < 1.29 is 0 Å². The Labute approximate surface area is 129 Å². The summed E-state index contributed by atoms with van der Waals surface area (Å²) in [7, 11) is 1.99. The average Bonchev–Trinajstić information content (AvgIpc) is 2.80. The van der Waals surface area contributed by atoms with E-state index in [1.54, 1.807) is 0 Å². The van der Waals surface area contributed by atoms with Crippen molar-refractivity contribution >= 4 is 15.9 Å². The van der Waals surface area contributed by atoms with Crippen LogP contribution in [0.2, 0.25) is 0 Å². The van der Waals surface area contributed by atoms with Crippen LogP contribution in [0.5, 0.6) is 0 Å². The van der Waals surface area contributed by atoms with Crippen LogP contribution in [-0.4, -0.2) is 16.3 Å². The van der Waals surface area contributed by atoms with Gasteiger partial charge in [0.05, 0.1) is 22.4 Å². The van der Waals surface area contributed by atoms with Gasteiger partial charge in [-0.05, 0) is 46.4 Å². The highest BCUT2D eigenvalue weighted by atomic mass is 79.9. The Hall–Kier alpha value is -1.13. The summed E-state index contributed by atoms with van der Waals surface area (Å²) in [5, 5.41) is 7.95. The zero-order chi connectivity index (χ0) is 14.5. The van der Waals surface area contributed by atoms with Gasteiger partial charge in [-0.25, -0.2) is 0 Å². The van der Waals surface area contributed by atoms with Crippen LogP contribution in [0.1, 0.15) is 43.1 Å². The maximum absolute atomic E-state index is 4.33. The summed E-state index contributed by atoms with van der Waals surface area (Å²) in [5.74, 6) is 0. The molecule has 0 fully saturated rings. The molecule has 2 aromatic rings. The topological polar surface area (TPSA) is 29.9 Å². The summed E-state index contributed by atoms with van der Waals surface area (Å²) in [6.07, 6.45) is 4.04. The van der Waals surface area contributed by atoms with Crippen molar-refractivity contribution in [2.45, 2.75) is 32.7 Å². The lowest BCUT2D eigenvalue weighted by Crippen LogP contribution is -2.25. The molecule has 1 aromatic carbocycles. The summed E-state index contributed by atoms with van der Waals surface area (Å²) in [6, 6.07) is 9.01. The number of benzene rings is 1. The second kappa shape index (κ2) is 7.04. The standard InChI is InChI=1S/C16H22BrN3/c1-4-10-18-15(16-14(17)11-19-20(16)3)13-8-6-12(5-2)7-9-13/h6-9,11,15,18H,4-5,10H2,1-3H3. The highest BCUT2D eigenvalue weighted by Crippen LogP contribution is 2.28. The lowest BCUT2D eigenvalue weighted by atomic mass is 10.0. The lowest BCUT2D eigenvalue weighted by Gasteiger charge is -2.20. The third-order valence-electron chi connectivity index (χ3n) is 3.53. The molecule has 0 bridgehead atoms.